The van der Waals surface area contributed by atoms with E-state index in [0.717, 1.165) is 0 Å². The van der Waals surface area contributed by atoms with Gasteiger partial charge in [0.15, 0.2) is 0 Å². The molecule has 1 rings (SSSR count). The molecule has 0 aromatic heterocycles. The lowest BCUT2D eigenvalue weighted by atomic mass is 10.0. The maximum atomic E-state index is 12.6. The number of nitrogens with two attached hydrogens (primary N) is 1. The fraction of sp³-hybridized carbons (Fsp3) is 0.706. The fourth-order valence-electron chi connectivity index (χ4n) is 2.81. The maximum absolute atomic E-state index is 12.6. The van der Waals surface area contributed by atoms with Gasteiger partial charge in [-0.15, -0.1) is 0 Å². The zero-order chi connectivity index (χ0) is 21.6. The third-order valence-corrected chi connectivity index (χ3v) is 4.58. The van der Waals surface area contributed by atoms with Crippen molar-refractivity contribution in [3.8, 4) is 0 Å². The Morgan fingerprint density at radius 2 is 1.71 bits per heavy atom. The van der Waals surface area contributed by atoms with Gasteiger partial charge in [-0.3, -0.25) is 24.0 Å². The van der Waals surface area contributed by atoms with E-state index in [-0.39, 0.29) is 11.8 Å². The summed E-state index contributed by atoms with van der Waals surface area (Å²) in [6, 6.07) is -4.36. The Kier molecular flexibility index (Phi) is 8.35. The second-order valence-electron chi connectivity index (χ2n) is 7.19. The van der Waals surface area contributed by atoms with Crippen molar-refractivity contribution in [2.24, 2.45) is 11.7 Å². The Labute approximate surface area is 162 Å². The van der Waals surface area contributed by atoms with E-state index in [1.807, 2.05) is 0 Å². The first-order valence-electron chi connectivity index (χ1n) is 9.07. The molecule has 1 aliphatic rings. The number of carbonyl (C=O) groups is 5. The number of nitrogens with zero attached hydrogens (tertiary/aromatic N) is 1. The number of likely N-dealkylation sites (tertiary alicyclic amines) is 1. The molecule has 4 unspecified atom stereocenters. The minimum absolute atomic E-state index is 0.125. The van der Waals surface area contributed by atoms with E-state index in [4.69, 9.17) is 15.9 Å². The van der Waals surface area contributed by atoms with Gasteiger partial charge in [-0.25, -0.2) is 0 Å². The van der Waals surface area contributed by atoms with Gasteiger partial charge in [-0.2, -0.15) is 0 Å². The summed E-state index contributed by atoms with van der Waals surface area (Å²) >= 11 is 0. The quantitative estimate of drug-likeness (QED) is 0.310. The van der Waals surface area contributed by atoms with E-state index in [0.29, 0.717) is 19.4 Å². The Morgan fingerprint density at radius 1 is 1.11 bits per heavy atom. The standard InChI is InChI=1S/C17H28N4O7/c1-8(2)13(18)16(26)21-6-4-5-11(21)15(25)20-10(7-12(22)23)14(24)19-9(3)17(27)28/h8-11,13H,4-7,18H2,1-3H3,(H,19,24)(H,20,25)(H,22,23)(H,27,28). The van der Waals surface area contributed by atoms with Gasteiger partial charge >= 0.3 is 11.9 Å². The van der Waals surface area contributed by atoms with Gasteiger partial charge in [-0.1, -0.05) is 13.8 Å². The van der Waals surface area contributed by atoms with Crippen LogP contribution in [0.1, 0.15) is 40.0 Å². The molecule has 11 nitrogen and oxygen atoms in total. The molecule has 0 aliphatic carbocycles. The zero-order valence-corrected chi connectivity index (χ0v) is 16.2. The van der Waals surface area contributed by atoms with Gasteiger partial charge in [0.2, 0.25) is 17.7 Å². The molecule has 1 fully saturated rings. The van der Waals surface area contributed by atoms with Gasteiger partial charge in [0.1, 0.15) is 18.1 Å². The molecule has 1 aliphatic heterocycles. The highest BCUT2D eigenvalue weighted by atomic mass is 16.4. The Balaban J connectivity index is 2.88. The van der Waals surface area contributed by atoms with Crippen molar-refractivity contribution in [2.45, 2.75) is 64.2 Å². The summed E-state index contributed by atoms with van der Waals surface area (Å²) in [5.74, 6) is -4.76. The molecule has 0 radical (unpaired) electrons. The van der Waals surface area contributed by atoms with Gasteiger partial charge in [-0.05, 0) is 25.7 Å². The number of hydrogen-bond donors (Lipinski definition) is 5. The van der Waals surface area contributed by atoms with E-state index >= 15 is 0 Å². The summed E-state index contributed by atoms with van der Waals surface area (Å²) in [5, 5.41) is 22.3. The van der Waals surface area contributed by atoms with Gasteiger partial charge < -0.3 is 31.5 Å². The Bertz CT molecular complexity index is 637. The first kappa shape index (κ1) is 23.3. The highest BCUT2D eigenvalue weighted by molar-refractivity contribution is 5.95. The molecule has 0 aromatic carbocycles. The third kappa shape index (κ3) is 6.19. The average molecular weight is 400 g/mol. The summed E-state index contributed by atoms with van der Waals surface area (Å²) in [6.45, 7) is 5.11. The molecule has 1 heterocycles. The van der Waals surface area contributed by atoms with Crippen LogP contribution in [0.15, 0.2) is 0 Å². The van der Waals surface area contributed by atoms with Crippen molar-refractivity contribution in [1.82, 2.24) is 15.5 Å². The van der Waals surface area contributed by atoms with Crippen LogP contribution < -0.4 is 16.4 Å². The summed E-state index contributed by atoms with van der Waals surface area (Å²) in [5.41, 5.74) is 5.88. The number of carboxylic acid groups (broad SMARTS) is 2. The minimum Gasteiger partial charge on any atom is -0.481 e. The molecule has 6 N–H and O–H groups in total. The summed E-state index contributed by atoms with van der Waals surface area (Å²) < 4.78 is 0. The highest BCUT2D eigenvalue weighted by Crippen LogP contribution is 2.20. The minimum atomic E-state index is -1.47. The topological polar surface area (TPSA) is 179 Å². The van der Waals surface area contributed by atoms with Gasteiger partial charge in [0.25, 0.3) is 0 Å². The number of carbonyl (C=O) groups excluding carboxylic acids is 3. The summed E-state index contributed by atoms with van der Waals surface area (Å²) in [6.07, 6.45) is 0.200. The number of aliphatic carboxylic acids is 2. The molecular weight excluding hydrogens is 372 g/mol. The van der Waals surface area contributed by atoms with Crippen LogP contribution in [0.25, 0.3) is 0 Å². The number of rotatable bonds is 9. The van der Waals surface area contributed by atoms with E-state index in [2.05, 4.69) is 10.6 Å². The molecule has 28 heavy (non-hydrogen) atoms. The number of hydrogen-bond acceptors (Lipinski definition) is 6. The fourth-order valence-corrected chi connectivity index (χ4v) is 2.81. The predicted molar refractivity (Wildman–Crippen MR) is 97.0 cm³/mol. The smallest absolute Gasteiger partial charge is 0.325 e. The second kappa shape index (κ2) is 10.0. The number of nitrogens with one attached hydrogen (secondary N) is 2. The van der Waals surface area contributed by atoms with Crippen LogP contribution in [0, 0.1) is 5.92 Å². The Hall–Kier alpha value is -2.69. The van der Waals surface area contributed by atoms with Crippen LogP contribution in [0.2, 0.25) is 0 Å². The monoisotopic (exact) mass is 400 g/mol. The lowest BCUT2D eigenvalue weighted by Crippen LogP contribution is -2.57. The van der Waals surface area contributed by atoms with Crippen LogP contribution in [0.5, 0.6) is 0 Å². The van der Waals surface area contributed by atoms with E-state index in [9.17, 15) is 24.0 Å². The van der Waals surface area contributed by atoms with Crippen LogP contribution >= 0.6 is 0 Å². The first-order valence-corrected chi connectivity index (χ1v) is 9.07. The van der Waals surface area contributed by atoms with Crippen molar-refractivity contribution >= 4 is 29.7 Å². The van der Waals surface area contributed by atoms with E-state index in [1.54, 1.807) is 13.8 Å². The third-order valence-electron chi connectivity index (χ3n) is 4.58. The lowest BCUT2D eigenvalue weighted by Gasteiger charge is -2.29. The van der Waals surface area contributed by atoms with Gasteiger partial charge in [0.05, 0.1) is 12.5 Å². The molecule has 11 heteroatoms. The normalized spacial score (nSPS) is 19.6. The number of carboxylic acids is 2. The summed E-state index contributed by atoms with van der Waals surface area (Å²) in [7, 11) is 0. The second-order valence-corrected chi connectivity index (χ2v) is 7.19. The van der Waals surface area contributed by atoms with Gasteiger partial charge in [0, 0.05) is 6.54 Å². The molecule has 0 spiro atoms. The first-order chi connectivity index (χ1) is 13.0. The van der Waals surface area contributed by atoms with E-state index < -0.39 is 54.3 Å². The molecule has 4 atom stereocenters. The molecule has 3 amide bonds. The van der Waals surface area contributed by atoms with Crippen molar-refractivity contribution in [3.63, 3.8) is 0 Å². The molecule has 1 saturated heterocycles. The lowest BCUT2D eigenvalue weighted by molar-refractivity contribution is -0.144. The number of amides is 3. The van der Waals surface area contributed by atoms with Crippen molar-refractivity contribution in [3.05, 3.63) is 0 Å². The SMILES string of the molecule is CC(NC(=O)C(CC(=O)O)NC(=O)C1CCCN1C(=O)C(N)C(C)C)C(=O)O. The Morgan fingerprint density at radius 3 is 2.21 bits per heavy atom. The molecule has 158 valence electrons. The van der Waals surface area contributed by atoms with E-state index in [1.165, 1.54) is 11.8 Å². The average Bonchev–Trinajstić information content (AvgIpc) is 3.08. The van der Waals surface area contributed by atoms with Crippen molar-refractivity contribution in [1.29, 1.82) is 0 Å². The maximum Gasteiger partial charge on any atom is 0.325 e. The van der Waals surface area contributed by atoms with Crippen LogP contribution in [0.4, 0.5) is 0 Å². The largest absolute Gasteiger partial charge is 0.481 e. The zero-order valence-electron chi connectivity index (χ0n) is 16.2. The van der Waals surface area contributed by atoms with Crippen molar-refractivity contribution < 1.29 is 34.2 Å². The molecule has 0 bridgehead atoms. The van der Waals surface area contributed by atoms with Crippen LogP contribution in [-0.2, 0) is 24.0 Å². The summed E-state index contributed by atoms with van der Waals surface area (Å²) in [4.78, 5) is 60.6. The highest BCUT2D eigenvalue weighted by Gasteiger charge is 2.38. The van der Waals surface area contributed by atoms with Crippen LogP contribution in [-0.4, -0.2) is 75.5 Å². The van der Waals surface area contributed by atoms with Crippen LogP contribution in [0.3, 0.4) is 0 Å². The van der Waals surface area contributed by atoms with Crippen molar-refractivity contribution in [2.75, 3.05) is 6.54 Å². The molecule has 0 saturated carbocycles. The molecule has 0 aromatic rings. The predicted octanol–water partition coefficient (Wildman–Crippen LogP) is -1.49. The molecular formula is C17H28N4O7.